The third-order valence-corrected chi connectivity index (χ3v) is 5.78. The van der Waals surface area contributed by atoms with Gasteiger partial charge in [0, 0.05) is 19.6 Å². The molecule has 120 valence electrons. The first kappa shape index (κ1) is 16.0. The van der Waals surface area contributed by atoms with Crippen LogP contribution in [-0.4, -0.2) is 49.1 Å². The van der Waals surface area contributed by atoms with Crippen molar-refractivity contribution in [3.8, 4) is 0 Å². The summed E-state index contributed by atoms with van der Waals surface area (Å²) in [5.41, 5.74) is 12.1. The number of aliphatic hydroxyl groups is 1. The van der Waals surface area contributed by atoms with E-state index in [4.69, 9.17) is 5.73 Å². The summed E-state index contributed by atoms with van der Waals surface area (Å²) in [6, 6.07) is 4.71. The third-order valence-electron chi connectivity index (χ3n) is 5.78. The van der Waals surface area contributed by atoms with Gasteiger partial charge < -0.3 is 15.7 Å². The average Bonchev–Trinajstić information content (AvgIpc) is 2.96. The molecule has 0 amide bonds. The summed E-state index contributed by atoms with van der Waals surface area (Å²) in [7, 11) is 1.27. The Bertz CT molecular complexity index is 536. The number of hydrogen-bond acceptors (Lipinski definition) is 3. The molecule has 22 heavy (non-hydrogen) atoms. The van der Waals surface area contributed by atoms with Crippen LogP contribution in [0.15, 0.2) is 12.1 Å². The van der Waals surface area contributed by atoms with Crippen molar-refractivity contribution in [2.45, 2.75) is 45.0 Å². The number of rotatable bonds is 6. The van der Waals surface area contributed by atoms with Crippen molar-refractivity contribution in [3.63, 3.8) is 0 Å². The van der Waals surface area contributed by atoms with Gasteiger partial charge in [-0.05, 0) is 37.7 Å². The van der Waals surface area contributed by atoms with Gasteiger partial charge in [0.1, 0.15) is 0 Å². The molecule has 0 aliphatic carbocycles. The van der Waals surface area contributed by atoms with Crippen LogP contribution in [0.5, 0.6) is 0 Å². The number of nitrogens with two attached hydrogens (primary N) is 1. The summed E-state index contributed by atoms with van der Waals surface area (Å²) in [5.74, 6) is 0.748. The van der Waals surface area contributed by atoms with Crippen molar-refractivity contribution in [1.82, 2.24) is 4.90 Å². The second kappa shape index (κ2) is 6.35. The predicted molar refractivity (Wildman–Crippen MR) is 94.4 cm³/mol. The second-order valence-corrected chi connectivity index (χ2v) is 7.48. The molecule has 3 nitrogen and oxygen atoms in total. The van der Waals surface area contributed by atoms with Crippen molar-refractivity contribution >= 4 is 12.7 Å². The lowest BCUT2D eigenvalue weighted by Crippen LogP contribution is -2.59. The average molecular weight is 300 g/mol. The van der Waals surface area contributed by atoms with E-state index in [-0.39, 0.29) is 6.61 Å². The molecule has 1 unspecified atom stereocenters. The van der Waals surface area contributed by atoms with Gasteiger partial charge in [0.25, 0.3) is 0 Å². The Labute approximate surface area is 135 Å². The van der Waals surface area contributed by atoms with Gasteiger partial charge in [0.15, 0.2) is 7.28 Å². The molecule has 0 bridgehead atoms. The number of likely N-dealkylation sites (tertiary alicyclic amines) is 1. The number of aryl methyl sites for hydroxylation is 1. The fourth-order valence-electron chi connectivity index (χ4n) is 4.09. The van der Waals surface area contributed by atoms with Crippen LogP contribution in [0.2, 0.25) is 6.32 Å². The van der Waals surface area contributed by atoms with E-state index >= 15 is 0 Å². The van der Waals surface area contributed by atoms with Gasteiger partial charge >= 0.3 is 0 Å². The zero-order chi connectivity index (χ0) is 15.7. The van der Waals surface area contributed by atoms with Crippen molar-refractivity contribution < 1.29 is 5.11 Å². The zero-order valence-electron chi connectivity index (χ0n) is 14.1. The summed E-state index contributed by atoms with van der Waals surface area (Å²) in [6.45, 7) is 7.50. The van der Waals surface area contributed by atoms with Crippen LogP contribution in [0, 0.1) is 12.8 Å². The zero-order valence-corrected chi connectivity index (χ0v) is 14.1. The van der Waals surface area contributed by atoms with Gasteiger partial charge in [-0.2, -0.15) is 0 Å². The lowest BCUT2D eigenvalue weighted by atomic mass is 9.69. The van der Waals surface area contributed by atoms with Crippen molar-refractivity contribution in [3.05, 3.63) is 28.8 Å². The van der Waals surface area contributed by atoms with Crippen LogP contribution in [-0.2, 0) is 12.8 Å². The molecular formula is C18H29BN2O. The highest BCUT2D eigenvalue weighted by Gasteiger charge is 2.33. The van der Waals surface area contributed by atoms with Crippen LogP contribution in [0.1, 0.15) is 30.0 Å². The van der Waals surface area contributed by atoms with E-state index in [0.717, 1.165) is 32.0 Å². The molecule has 1 aromatic rings. The van der Waals surface area contributed by atoms with Gasteiger partial charge in [-0.15, -0.1) is 0 Å². The first-order chi connectivity index (χ1) is 10.5. The van der Waals surface area contributed by atoms with E-state index in [0.29, 0.717) is 0 Å². The fraction of sp³-hybridized carbons (Fsp3) is 0.667. The minimum absolute atomic E-state index is 0.0780. The third kappa shape index (κ3) is 3.10. The van der Waals surface area contributed by atoms with E-state index in [1.54, 1.807) is 22.2 Å². The highest BCUT2D eigenvalue weighted by molar-refractivity contribution is 6.56. The summed E-state index contributed by atoms with van der Waals surface area (Å²) >= 11 is 0. The molecule has 2 heterocycles. The molecule has 0 saturated carbocycles. The largest absolute Gasteiger partial charge is 0.394 e. The molecule has 1 fully saturated rings. The quantitative estimate of drug-likeness (QED) is 0.757. The maximum Gasteiger partial charge on any atom is 0.158 e. The van der Waals surface area contributed by atoms with Gasteiger partial charge in [0.05, 0.1) is 12.1 Å². The van der Waals surface area contributed by atoms with E-state index in [2.05, 4.69) is 30.9 Å². The summed E-state index contributed by atoms with van der Waals surface area (Å²) in [4.78, 5) is 2.40. The number of aliphatic hydroxyl groups excluding tert-OH is 1. The minimum Gasteiger partial charge on any atom is -0.394 e. The SMILES string of the molecule is CCC(N)(CO)CN1CC(Cc2ccc3c(c2C)BCC3)C1. The monoisotopic (exact) mass is 300 g/mol. The first-order valence-electron chi connectivity index (χ1n) is 8.77. The number of benzene rings is 1. The molecule has 3 N–H and O–H groups in total. The number of nitrogens with zero attached hydrogens (tertiary/aromatic N) is 1. The molecular weight excluding hydrogens is 271 g/mol. The fourth-order valence-corrected chi connectivity index (χ4v) is 4.09. The standard InChI is InChI=1S/C18H29BN2O/c1-3-18(20,12-22)11-21-9-14(10-21)8-16-5-4-15-6-7-19-17(15)13(16)2/h4-5,14,19,22H,3,6-12,20H2,1-2H3. The van der Waals surface area contributed by atoms with E-state index in [9.17, 15) is 5.11 Å². The topological polar surface area (TPSA) is 49.5 Å². The minimum atomic E-state index is -0.422. The highest BCUT2D eigenvalue weighted by atomic mass is 16.3. The lowest BCUT2D eigenvalue weighted by molar-refractivity contribution is 0.0522. The van der Waals surface area contributed by atoms with Gasteiger partial charge in [-0.3, -0.25) is 0 Å². The Morgan fingerprint density at radius 1 is 1.41 bits per heavy atom. The van der Waals surface area contributed by atoms with Gasteiger partial charge in [0.2, 0.25) is 0 Å². The molecule has 0 aromatic heterocycles. The van der Waals surface area contributed by atoms with Crippen LogP contribution in [0.25, 0.3) is 0 Å². The second-order valence-electron chi connectivity index (χ2n) is 7.48. The number of fused-ring (bicyclic) bond motifs is 1. The maximum atomic E-state index is 9.43. The molecule has 2 aliphatic rings. The van der Waals surface area contributed by atoms with Crippen molar-refractivity contribution in [1.29, 1.82) is 0 Å². The molecule has 3 rings (SSSR count). The molecule has 1 atom stereocenters. The van der Waals surface area contributed by atoms with Crippen LogP contribution in [0.3, 0.4) is 0 Å². The molecule has 1 saturated heterocycles. The normalized spacial score (nSPS) is 21.1. The molecule has 0 radical (unpaired) electrons. The molecule has 1 aromatic carbocycles. The Balaban J connectivity index is 1.55. The van der Waals surface area contributed by atoms with Gasteiger partial charge in [-0.25, -0.2) is 0 Å². The maximum absolute atomic E-state index is 9.43. The first-order valence-corrected chi connectivity index (χ1v) is 8.77. The predicted octanol–water partition coefficient (Wildman–Crippen LogP) is 0.605. The summed E-state index contributed by atoms with van der Waals surface area (Å²) < 4.78 is 0. The van der Waals surface area contributed by atoms with Crippen molar-refractivity contribution in [2.75, 3.05) is 26.2 Å². The van der Waals surface area contributed by atoms with E-state index in [1.165, 1.54) is 26.4 Å². The highest BCUT2D eigenvalue weighted by Crippen LogP contribution is 2.25. The summed E-state index contributed by atoms with van der Waals surface area (Å²) in [6.07, 6.45) is 4.62. The molecule has 4 heteroatoms. The number of hydrogen-bond donors (Lipinski definition) is 2. The van der Waals surface area contributed by atoms with E-state index < -0.39 is 5.54 Å². The van der Waals surface area contributed by atoms with Gasteiger partial charge in [-0.1, -0.05) is 42.0 Å². The Hall–Kier alpha value is -0.835. The molecule has 2 aliphatic heterocycles. The van der Waals surface area contributed by atoms with E-state index in [1.807, 2.05) is 0 Å². The Kier molecular flexibility index (Phi) is 4.63. The summed E-state index contributed by atoms with van der Waals surface area (Å²) in [5, 5.41) is 9.43. The Morgan fingerprint density at radius 2 is 2.18 bits per heavy atom. The smallest absolute Gasteiger partial charge is 0.158 e. The lowest BCUT2D eigenvalue weighted by Gasteiger charge is -2.44. The van der Waals surface area contributed by atoms with Crippen LogP contribution >= 0.6 is 0 Å². The Morgan fingerprint density at radius 3 is 2.86 bits per heavy atom. The van der Waals surface area contributed by atoms with Crippen LogP contribution in [0.4, 0.5) is 0 Å². The van der Waals surface area contributed by atoms with Crippen molar-refractivity contribution in [2.24, 2.45) is 11.7 Å². The molecule has 0 spiro atoms. The van der Waals surface area contributed by atoms with Crippen LogP contribution < -0.4 is 11.2 Å².